The van der Waals surface area contributed by atoms with Crippen molar-refractivity contribution in [3.05, 3.63) is 65.7 Å². The molecule has 1 heterocycles. The Bertz CT molecular complexity index is 718. The predicted molar refractivity (Wildman–Crippen MR) is 92.9 cm³/mol. The molecule has 2 aromatic carbocycles. The van der Waals surface area contributed by atoms with Crippen LogP contribution in [0.4, 0.5) is 13.2 Å². The van der Waals surface area contributed by atoms with Crippen molar-refractivity contribution >= 4 is 0 Å². The molecule has 0 radical (unpaired) electrons. The van der Waals surface area contributed by atoms with Crippen LogP contribution in [0.25, 0.3) is 0 Å². The molecule has 0 aliphatic carbocycles. The van der Waals surface area contributed by atoms with Crippen molar-refractivity contribution in [2.24, 2.45) is 0 Å². The van der Waals surface area contributed by atoms with Crippen LogP contribution >= 0.6 is 0 Å². The van der Waals surface area contributed by atoms with Crippen LogP contribution in [0.3, 0.4) is 0 Å². The van der Waals surface area contributed by atoms with E-state index in [0.717, 1.165) is 17.9 Å². The monoisotopic (exact) mass is 365 g/mol. The van der Waals surface area contributed by atoms with Gasteiger partial charge in [-0.2, -0.15) is 13.2 Å². The van der Waals surface area contributed by atoms with E-state index in [9.17, 15) is 18.3 Å². The fourth-order valence-electron chi connectivity index (χ4n) is 3.54. The van der Waals surface area contributed by atoms with Crippen LogP contribution in [-0.4, -0.2) is 23.8 Å². The van der Waals surface area contributed by atoms with Crippen molar-refractivity contribution in [3.8, 4) is 5.75 Å². The van der Waals surface area contributed by atoms with Gasteiger partial charge in [0, 0.05) is 12.1 Å². The average molecular weight is 365 g/mol. The summed E-state index contributed by atoms with van der Waals surface area (Å²) in [5, 5.41) is 14.5. The molecule has 26 heavy (non-hydrogen) atoms. The summed E-state index contributed by atoms with van der Waals surface area (Å²) in [4.78, 5) is 0. The van der Waals surface area contributed by atoms with Gasteiger partial charge in [-0.25, -0.2) is 0 Å². The molecule has 3 unspecified atom stereocenters. The van der Waals surface area contributed by atoms with E-state index in [4.69, 9.17) is 4.74 Å². The quantitative estimate of drug-likeness (QED) is 0.857. The van der Waals surface area contributed by atoms with Crippen molar-refractivity contribution < 1.29 is 23.0 Å². The average Bonchev–Trinajstić information content (AvgIpc) is 2.60. The van der Waals surface area contributed by atoms with Gasteiger partial charge in [0.2, 0.25) is 0 Å². The number of aliphatic hydroxyl groups is 1. The van der Waals surface area contributed by atoms with Crippen LogP contribution < -0.4 is 10.1 Å². The van der Waals surface area contributed by atoms with Crippen LogP contribution in [0.5, 0.6) is 5.75 Å². The van der Waals surface area contributed by atoms with Crippen LogP contribution in [-0.2, 0) is 11.8 Å². The number of hydrogen-bond donors (Lipinski definition) is 2. The van der Waals surface area contributed by atoms with Gasteiger partial charge in [0.15, 0.2) is 0 Å². The van der Waals surface area contributed by atoms with Crippen LogP contribution in [0.15, 0.2) is 54.6 Å². The fourth-order valence-corrected chi connectivity index (χ4v) is 3.54. The van der Waals surface area contributed by atoms with E-state index in [1.807, 2.05) is 37.3 Å². The Morgan fingerprint density at radius 3 is 2.35 bits per heavy atom. The first kappa shape index (κ1) is 18.7. The fraction of sp³-hybridized carbons (Fsp3) is 0.400. The molecule has 0 spiro atoms. The first-order chi connectivity index (χ1) is 12.3. The molecule has 1 aliphatic heterocycles. The number of hydrogen-bond acceptors (Lipinski definition) is 3. The third kappa shape index (κ3) is 4.37. The lowest BCUT2D eigenvalue weighted by Gasteiger charge is -2.41. The van der Waals surface area contributed by atoms with Crippen molar-refractivity contribution in [1.82, 2.24) is 5.32 Å². The smallest absolute Gasteiger partial charge is 0.416 e. The highest BCUT2D eigenvalue weighted by molar-refractivity contribution is 5.30. The van der Waals surface area contributed by atoms with E-state index in [2.05, 4.69) is 5.32 Å². The lowest BCUT2D eigenvalue weighted by molar-refractivity contribution is -0.137. The number of halogens is 3. The second-order valence-corrected chi connectivity index (χ2v) is 6.90. The summed E-state index contributed by atoms with van der Waals surface area (Å²) in [6.07, 6.45) is -3.58. The third-order valence-corrected chi connectivity index (χ3v) is 4.69. The Morgan fingerprint density at radius 2 is 1.73 bits per heavy atom. The molecule has 2 N–H and O–H groups in total. The molecule has 6 heteroatoms. The number of alkyl halides is 3. The van der Waals surface area contributed by atoms with Gasteiger partial charge in [0.05, 0.1) is 11.2 Å². The molecule has 3 rings (SSSR count). The Labute approximate surface area is 150 Å². The molecule has 1 saturated heterocycles. The lowest BCUT2D eigenvalue weighted by Crippen LogP contribution is -2.53. The summed E-state index contributed by atoms with van der Waals surface area (Å²) in [5.74, 6) is 0.741. The third-order valence-electron chi connectivity index (χ3n) is 4.69. The number of nitrogens with one attached hydrogen (secondary N) is 1. The maximum atomic E-state index is 12.8. The maximum Gasteiger partial charge on any atom is 0.416 e. The van der Waals surface area contributed by atoms with Gasteiger partial charge in [0.1, 0.15) is 12.4 Å². The number of ether oxygens (including phenoxy) is 1. The molecular weight excluding hydrogens is 343 g/mol. The van der Waals surface area contributed by atoms with Crippen LogP contribution in [0.2, 0.25) is 0 Å². The Kier molecular flexibility index (Phi) is 5.25. The Hall–Kier alpha value is -2.05. The molecule has 3 atom stereocenters. The van der Waals surface area contributed by atoms with Crippen molar-refractivity contribution in [3.63, 3.8) is 0 Å². The van der Waals surface area contributed by atoms with Crippen molar-refractivity contribution in [2.75, 3.05) is 6.61 Å². The zero-order valence-electron chi connectivity index (χ0n) is 14.5. The van der Waals surface area contributed by atoms with Gasteiger partial charge in [-0.3, -0.25) is 0 Å². The van der Waals surface area contributed by atoms with E-state index >= 15 is 0 Å². The minimum Gasteiger partial charge on any atom is -0.492 e. The molecule has 0 bridgehead atoms. The zero-order valence-corrected chi connectivity index (χ0v) is 14.5. The summed E-state index contributed by atoms with van der Waals surface area (Å²) < 4.78 is 44.0. The van der Waals surface area contributed by atoms with Gasteiger partial charge < -0.3 is 15.2 Å². The maximum absolute atomic E-state index is 12.8. The highest BCUT2D eigenvalue weighted by Crippen LogP contribution is 2.37. The summed E-state index contributed by atoms with van der Waals surface area (Å²) in [5.41, 5.74) is -1.39. The van der Waals surface area contributed by atoms with Crippen molar-refractivity contribution in [1.29, 1.82) is 0 Å². The molecule has 3 nitrogen and oxygen atoms in total. The summed E-state index contributed by atoms with van der Waals surface area (Å²) in [6, 6.07) is 14.1. The molecule has 1 aliphatic rings. The van der Waals surface area contributed by atoms with E-state index in [0.29, 0.717) is 25.0 Å². The second kappa shape index (κ2) is 7.29. The first-order valence-electron chi connectivity index (χ1n) is 8.60. The van der Waals surface area contributed by atoms with Gasteiger partial charge >= 0.3 is 6.18 Å². The highest BCUT2D eigenvalue weighted by Gasteiger charge is 2.39. The summed E-state index contributed by atoms with van der Waals surface area (Å²) in [7, 11) is 0. The standard InChI is InChI=1S/C20H22F3NO2/c1-14-11-19(25,15-7-9-16(10-8-15)20(21,22)23)12-17(24-14)13-26-18-5-3-2-4-6-18/h2-10,14,17,24-25H,11-13H2,1H3. The molecule has 2 aromatic rings. The Morgan fingerprint density at radius 1 is 1.08 bits per heavy atom. The molecule has 140 valence electrons. The van der Waals surface area contributed by atoms with Gasteiger partial charge in [0.25, 0.3) is 0 Å². The van der Waals surface area contributed by atoms with Gasteiger partial charge in [-0.15, -0.1) is 0 Å². The second-order valence-electron chi connectivity index (χ2n) is 6.90. The minimum atomic E-state index is -4.38. The van der Waals surface area contributed by atoms with Gasteiger partial charge in [-0.1, -0.05) is 30.3 Å². The largest absolute Gasteiger partial charge is 0.492 e. The summed E-state index contributed by atoms with van der Waals surface area (Å²) >= 11 is 0. The van der Waals surface area contributed by atoms with Crippen molar-refractivity contribution in [2.45, 2.75) is 43.6 Å². The summed E-state index contributed by atoms with van der Waals surface area (Å²) in [6.45, 7) is 2.32. The number of rotatable bonds is 4. The number of para-hydroxylation sites is 1. The van der Waals surface area contributed by atoms with Gasteiger partial charge in [-0.05, 0) is 49.6 Å². The van der Waals surface area contributed by atoms with Crippen LogP contribution in [0.1, 0.15) is 30.9 Å². The number of benzene rings is 2. The molecule has 1 fully saturated rings. The molecule has 0 amide bonds. The van der Waals surface area contributed by atoms with E-state index in [-0.39, 0.29) is 12.1 Å². The predicted octanol–water partition coefficient (Wildman–Crippen LogP) is 4.11. The molecule has 0 saturated carbocycles. The highest BCUT2D eigenvalue weighted by atomic mass is 19.4. The first-order valence-corrected chi connectivity index (χ1v) is 8.60. The minimum absolute atomic E-state index is 0.0143. The van der Waals surface area contributed by atoms with Crippen LogP contribution in [0, 0.1) is 0 Å². The van der Waals surface area contributed by atoms with E-state index < -0.39 is 17.3 Å². The van der Waals surface area contributed by atoms with E-state index in [1.165, 1.54) is 12.1 Å². The molecular formula is C20H22F3NO2. The lowest BCUT2D eigenvalue weighted by atomic mass is 9.79. The Balaban J connectivity index is 1.71. The number of piperidine rings is 1. The zero-order chi connectivity index (χ0) is 18.8. The van der Waals surface area contributed by atoms with E-state index in [1.54, 1.807) is 0 Å². The molecule has 0 aromatic heterocycles. The normalized spacial score (nSPS) is 26.5. The topological polar surface area (TPSA) is 41.5 Å². The SMILES string of the molecule is CC1CC(O)(c2ccc(C(F)(F)F)cc2)CC(COc2ccccc2)N1.